The highest BCUT2D eigenvalue weighted by molar-refractivity contribution is 6.03. The molecule has 4 aromatic rings. The fourth-order valence-electron chi connectivity index (χ4n) is 5.07. The predicted molar refractivity (Wildman–Crippen MR) is 139 cm³/mol. The molecule has 6 rings (SSSR count). The van der Waals surface area contributed by atoms with E-state index in [4.69, 9.17) is 4.74 Å². The van der Waals surface area contributed by atoms with Crippen molar-refractivity contribution in [3.05, 3.63) is 126 Å². The number of hydrogen-bond acceptors (Lipinski definition) is 3. The maximum absolute atomic E-state index is 11.6. The summed E-state index contributed by atoms with van der Waals surface area (Å²) in [5.74, 6) is 0.0322. The zero-order chi connectivity index (χ0) is 23.1. The second-order valence-electron chi connectivity index (χ2n) is 8.54. The molecule has 1 unspecified atom stereocenters. The summed E-state index contributed by atoms with van der Waals surface area (Å²) in [6.45, 7) is 3.47. The Morgan fingerprint density at radius 3 is 2.35 bits per heavy atom. The second-order valence-corrected chi connectivity index (χ2v) is 8.54. The van der Waals surface area contributed by atoms with E-state index in [1.54, 1.807) is 0 Å². The molecule has 3 heteroatoms. The summed E-state index contributed by atoms with van der Waals surface area (Å²) >= 11 is 0. The average molecular weight is 442 g/mol. The highest BCUT2D eigenvalue weighted by Crippen LogP contribution is 2.45. The van der Waals surface area contributed by atoms with Crippen molar-refractivity contribution in [3.63, 3.8) is 0 Å². The fraction of sp³-hybridized carbons (Fsp3) is 0.0645. The molecule has 0 heterocycles. The number of ether oxygens (including phenoxy) is 1. The predicted octanol–water partition coefficient (Wildman–Crippen LogP) is 7.41. The van der Waals surface area contributed by atoms with Crippen molar-refractivity contribution < 1.29 is 9.53 Å². The van der Waals surface area contributed by atoms with Gasteiger partial charge < -0.3 is 9.64 Å². The van der Waals surface area contributed by atoms with E-state index < -0.39 is 5.97 Å². The first-order valence-corrected chi connectivity index (χ1v) is 11.4. The third kappa shape index (κ3) is 3.34. The Morgan fingerprint density at radius 2 is 1.59 bits per heavy atom. The SMILES string of the molecule is C=CC(=O)Oc1ccc(N(c2ccccc2)C2C=Cc3ccc4c5c(ccc2c35)CC=C4)cc1. The number of rotatable bonds is 5. The Balaban J connectivity index is 1.50. The molecule has 0 fully saturated rings. The molecule has 0 aliphatic heterocycles. The van der Waals surface area contributed by atoms with Crippen LogP contribution in [0, 0.1) is 0 Å². The number of anilines is 2. The van der Waals surface area contributed by atoms with Crippen molar-refractivity contribution >= 4 is 40.3 Å². The third-order valence-corrected chi connectivity index (χ3v) is 6.57. The third-order valence-electron chi connectivity index (χ3n) is 6.57. The molecule has 164 valence electrons. The molecular formula is C31H23NO2. The molecule has 0 saturated heterocycles. The van der Waals surface area contributed by atoms with Crippen LogP contribution in [0.4, 0.5) is 11.4 Å². The number of allylic oxidation sites excluding steroid dienone is 1. The summed E-state index contributed by atoms with van der Waals surface area (Å²) in [4.78, 5) is 13.9. The number of carbonyl (C=O) groups excluding carboxylic acids is 1. The lowest BCUT2D eigenvalue weighted by atomic mass is 9.83. The topological polar surface area (TPSA) is 29.5 Å². The first-order chi connectivity index (χ1) is 16.7. The minimum absolute atomic E-state index is 0.0201. The van der Waals surface area contributed by atoms with Gasteiger partial charge in [0.15, 0.2) is 0 Å². The minimum atomic E-state index is -0.465. The molecule has 2 aliphatic rings. The van der Waals surface area contributed by atoms with E-state index in [9.17, 15) is 4.79 Å². The van der Waals surface area contributed by atoms with Crippen LogP contribution in [0.1, 0.15) is 28.3 Å². The fourth-order valence-corrected chi connectivity index (χ4v) is 5.07. The molecule has 0 saturated carbocycles. The van der Waals surface area contributed by atoms with Crippen molar-refractivity contribution in [2.75, 3.05) is 4.90 Å². The molecular weight excluding hydrogens is 418 g/mol. The maximum atomic E-state index is 11.6. The lowest BCUT2D eigenvalue weighted by Gasteiger charge is -2.35. The maximum Gasteiger partial charge on any atom is 0.335 e. The van der Waals surface area contributed by atoms with Crippen LogP contribution in [0.2, 0.25) is 0 Å². The van der Waals surface area contributed by atoms with Crippen LogP contribution in [-0.4, -0.2) is 5.97 Å². The minimum Gasteiger partial charge on any atom is -0.423 e. The average Bonchev–Trinajstić information content (AvgIpc) is 2.89. The van der Waals surface area contributed by atoms with Crippen LogP contribution in [0.3, 0.4) is 0 Å². The van der Waals surface area contributed by atoms with Gasteiger partial charge in [0.1, 0.15) is 5.75 Å². The van der Waals surface area contributed by atoms with Crippen molar-refractivity contribution in [2.24, 2.45) is 0 Å². The van der Waals surface area contributed by atoms with Crippen molar-refractivity contribution in [3.8, 4) is 5.75 Å². The molecule has 34 heavy (non-hydrogen) atoms. The lowest BCUT2D eigenvalue weighted by molar-refractivity contribution is -0.128. The molecule has 4 aromatic carbocycles. The molecule has 0 bridgehead atoms. The van der Waals surface area contributed by atoms with Gasteiger partial charge in [-0.2, -0.15) is 0 Å². The summed E-state index contributed by atoms with van der Waals surface area (Å²) in [5, 5.41) is 2.70. The van der Waals surface area contributed by atoms with Crippen LogP contribution < -0.4 is 9.64 Å². The number of para-hydroxylation sites is 1. The van der Waals surface area contributed by atoms with Crippen LogP contribution in [0.25, 0.3) is 22.9 Å². The van der Waals surface area contributed by atoms with E-state index in [1.807, 2.05) is 30.3 Å². The number of benzene rings is 4. The summed E-state index contributed by atoms with van der Waals surface area (Å²) in [6, 6.07) is 27.1. The van der Waals surface area contributed by atoms with Gasteiger partial charge in [-0.05, 0) is 75.8 Å². The van der Waals surface area contributed by atoms with E-state index in [0.29, 0.717) is 5.75 Å². The number of hydrogen-bond donors (Lipinski definition) is 0. The van der Waals surface area contributed by atoms with Crippen molar-refractivity contribution in [2.45, 2.75) is 12.5 Å². The first-order valence-electron chi connectivity index (χ1n) is 11.4. The second kappa shape index (κ2) is 8.20. The molecule has 2 aliphatic carbocycles. The van der Waals surface area contributed by atoms with E-state index in [1.165, 1.54) is 39.1 Å². The van der Waals surface area contributed by atoms with Crippen LogP contribution in [0.15, 0.2) is 104 Å². The van der Waals surface area contributed by atoms with E-state index >= 15 is 0 Å². The molecule has 0 radical (unpaired) electrons. The van der Waals surface area contributed by atoms with Gasteiger partial charge >= 0.3 is 5.97 Å². The molecule has 3 nitrogen and oxygen atoms in total. The van der Waals surface area contributed by atoms with Crippen molar-refractivity contribution in [1.29, 1.82) is 0 Å². The van der Waals surface area contributed by atoms with Crippen LogP contribution in [-0.2, 0) is 11.2 Å². The van der Waals surface area contributed by atoms with Gasteiger partial charge in [-0.1, -0.05) is 73.3 Å². The van der Waals surface area contributed by atoms with Gasteiger partial charge in [-0.25, -0.2) is 4.79 Å². The summed E-state index contributed by atoms with van der Waals surface area (Å²) < 4.78 is 5.29. The molecule has 0 aromatic heterocycles. The number of esters is 1. The van der Waals surface area contributed by atoms with Gasteiger partial charge in [-0.15, -0.1) is 0 Å². The Morgan fingerprint density at radius 1 is 0.853 bits per heavy atom. The van der Waals surface area contributed by atoms with Crippen LogP contribution in [0.5, 0.6) is 5.75 Å². The van der Waals surface area contributed by atoms with Crippen LogP contribution >= 0.6 is 0 Å². The Kier molecular flexibility index (Phi) is 4.88. The molecule has 0 amide bonds. The van der Waals surface area contributed by atoms with Gasteiger partial charge in [0.25, 0.3) is 0 Å². The van der Waals surface area contributed by atoms with Gasteiger partial charge in [-0.3, -0.25) is 0 Å². The Hall–Kier alpha value is -4.37. The zero-order valence-corrected chi connectivity index (χ0v) is 18.6. The highest BCUT2D eigenvalue weighted by Gasteiger charge is 2.27. The Bertz CT molecular complexity index is 1480. The highest BCUT2D eigenvalue weighted by atomic mass is 16.5. The lowest BCUT2D eigenvalue weighted by Crippen LogP contribution is -2.24. The van der Waals surface area contributed by atoms with E-state index in [0.717, 1.165) is 17.8 Å². The number of carbonyl (C=O) groups is 1. The summed E-state index contributed by atoms with van der Waals surface area (Å²) in [5.41, 5.74) is 7.34. The van der Waals surface area contributed by atoms with Gasteiger partial charge in [0, 0.05) is 17.5 Å². The number of nitrogens with zero attached hydrogens (tertiary/aromatic N) is 1. The molecule has 0 spiro atoms. The van der Waals surface area contributed by atoms with E-state index in [2.05, 4.69) is 84.3 Å². The van der Waals surface area contributed by atoms with Gasteiger partial charge in [0.2, 0.25) is 0 Å². The van der Waals surface area contributed by atoms with Gasteiger partial charge in [0.05, 0.1) is 6.04 Å². The molecule has 0 N–H and O–H groups in total. The quantitative estimate of drug-likeness (QED) is 0.183. The summed E-state index contributed by atoms with van der Waals surface area (Å²) in [7, 11) is 0. The standard InChI is InChI=1S/C31H23NO2/c1-2-29(33)34-26-17-15-25(16-18-26)32(24-9-4-3-5-10-24)28-20-14-23-12-11-21-7-6-8-22-13-19-27(28)31(23)30(21)22/h2-7,9-20,28H,1,8H2. The smallest absolute Gasteiger partial charge is 0.335 e. The molecule has 1 atom stereocenters. The monoisotopic (exact) mass is 441 g/mol. The largest absolute Gasteiger partial charge is 0.423 e. The summed E-state index contributed by atoms with van der Waals surface area (Å²) in [6.07, 6.45) is 11.1. The zero-order valence-electron chi connectivity index (χ0n) is 18.6. The van der Waals surface area contributed by atoms with E-state index in [-0.39, 0.29) is 6.04 Å². The normalized spacial score (nSPS) is 15.2. The van der Waals surface area contributed by atoms with Crippen molar-refractivity contribution in [1.82, 2.24) is 0 Å². The first kappa shape index (κ1) is 20.3. The Labute approximate surface area is 198 Å².